The van der Waals surface area contributed by atoms with E-state index in [-0.39, 0.29) is 0 Å². The molecule has 1 nitrogen and oxygen atoms in total. The van der Waals surface area contributed by atoms with Gasteiger partial charge in [-0.2, -0.15) is 0 Å². The van der Waals surface area contributed by atoms with E-state index in [1.54, 1.807) is 0 Å². The average molecular weight is 209 g/mol. The zero-order valence-electron chi connectivity index (χ0n) is 10.5. The quantitative estimate of drug-likeness (QED) is 0.727. The molecule has 0 heterocycles. The maximum Gasteiger partial charge on any atom is 0.00698 e. The summed E-state index contributed by atoms with van der Waals surface area (Å²) in [4.78, 5) is 0. The average Bonchev–Trinajstić information content (AvgIpc) is 3.10. The molecule has 0 unspecified atom stereocenters. The van der Waals surface area contributed by atoms with Gasteiger partial charge in [0.1, 0.15) is 0 Å². The molecular weight excluding hydrogens is 182 g/mol. The highest BCUT2D eigenvalue weighted by Crippen LogP contribution is 2.43. The van der Waals surface area contributed by atoms with Crippen molar-refractivity contribution < 1.29 is 0 Å². The van der Waals surface area contributed by atoms with Crippen LogP contribution in [-0.2, 0) is 0 Å². The second-order valence-electron chi connectivity index (χ2n) is 5.63. The van der Waals surface area contributed by atoms with Crippen LogP contribution in [0.2, 0.25) is 0 Å². The third-order valence-corrected chi connectivity index (χ3v) is 4.52. The molecule has 0 radical (unpaired) electrons. The van der Waals surface area contributed by atoms with Gasteiger partial charge in [-0.05, 0) is 63.2 Å². The third-order valence-electron chi connectivity index (χ3n) is 4.52. The highest BCUT2D eigenvalue weighted by molar-refractivity contribution is 4.87. The Bertz CT molecular complexity index is 174. The Morgan fingerprint density at radius 3 is 1.73 bits per heavy atom. The van der Waals surface area contributed by atoms with Crippen molar-refractivity contribution in [2.24, 2.45) is 11.8 Å². The summed E-state index contributed by atoms with van der Waals surface area (Å²) >= 11 is 0. The summed E-state index contributed by atoms with van der Waals surface area (Å²) < 4.78 is 0. The van der Waals surface area contributed by atoms with Gasteiger partial charge in [-0.25, -0.2) is 0 Å². The molecule has 0 saturated heterocycles. The first-order chi connectivity index (χ1) is 7.33. The minimum Gasteiger partial charge on any atom is -0.311 e. The third kappa shape index (κ3) is 3.21. The monoisotopic (exact) mass is 209 g/mol. The highest BCUT2D eigenvalue weighted by Gasteiger charge is 2.33. The SMILES string of the molecule is CCC(CC)NC1CCC(C2CC2)CC1. The topological polar surface area (TPSA) is 12.0 Å². The first-order valence-electron chi connectivity index (χ1n) is 7.09. The predicted octanol–water partition coefficient (Wildman–Crippen LogP) is 3.73. The van der Waals surface area contributed by atoms with Gasteiger partial charge >= 0.3 is 0 Å². The van der Waals surface area contributed by atoms with E-state index in [2.05, 4.69) is 19.2 Å². The number of hydrogen-bond donors (Lipinski definition) is 1. The molecule has 0 spiro atoms. The standard InChI is InChI=1S/C14H27N/c1-3-13(4-2)15-14-9-7-12(8-10-14)11-5-6-11/h11-15H,3-10H2,1-2H3. The Kier molecular flexibility index (Phi) is 4.07. The molecular formula is C14H27N. The lowest BCUT2D eigenvalue weighted by Crippen LogP contribution is -2.40. The second-order valence-corrected chi connectivity index (χ2v) is 5.63. The van der Waals surface area contributed by atoms with Crippen molar-refractivity contribution in [3.8, 4) is 0 Å². The van der Waals surface area contributed by atoms with Crippen LogP contribution in [0.25, 0.3) is 0 Å². The molecule has 0 atom stereocenters. The Labute approximate surface area is 95.0 Å². The lowest BCUT2D eigenvalue weighted by atomic mass is 9.83. The molecule has 0 amide bonds. The fraction of sp³-hybridized carbons (Fsp3) is 1.00. The minimum absolute atomic E-state index is 0.771. The predicted molar refractivity (Wildman–Crippen MR) is 66.0 cm³/mol. The Morgan fingerprint density at radius 1 is 0.867 bits per heavy atom. The van der Waals surface area contributed by atoms with Crippen LogP contribution in [0.15, 0.2) is 0 Å². The van der Waals surface area contributed by atoms with Gasteiger partial charge in [-0.1, -0.05) is 13.8 Å². The van der Waals surface area contributed by atoms with Gasteiger partial charge in [0.25, 0.3) is 0 Å². The minimum atomic E-state index is 0.771. The molecule has 2 aliphatic rings. The van der Waals surface area contributed by atoms with E-state index >= 15 is 0 Å². The normalized spacial score (nSPS) is 32.2. The molecule has 0 aromatic carbocycles. The fourth-order valence-electron chi connectivity index (χ4n) is 3.18. The molecule has 2 saturated carbocycles. The van der Waals surface area contributed by atoms with Gasteiger partial charge in [-0.3, -0.25) is 0 Å². The Balaban J connectivity index is 1.68. The Hall–Kier alpha value is -0.0400. The van der Waals surface area contributed by atoms with Gasteiger partial charge in [-0.15, -0.1) is 0 Å². The van der Waals surface area contributed by atoms with E-state index in [9.17, 15) is 0 Å². The molecule has 2 rings (SSSR count). The summed E-state index contributed by atoms with van der Waals surface area (Å²) in [5, 5.41) is 3.84. The van der Waals surface area contributed by atoms with E-state index < -0.39 is 0 Å². The van der Waals surface area contributed by atoms with Crippen molar-refractivity contribution in [3.63, 3.8) is 0 Å². The zero-order valence-corrected chi connectivity index (χ0v) is 10.5. The van der Waals surface area contributed by atoms with Crippen molar-refractivity contribution in [3.05, 3.63) is 0 Å². The lowest BCUT2D eigenvalue weighted by Gasteiger charge is -2.31. The Morgan fingerprint density at radius 2 is 1.33 bits per heavy atom. The van der Waals surface area contributed by atoms with E-state index in [0.717, 1.165) is 23.9 Å². The molecule has 0 bridgehead atoms. The summed E-state index contributed by atoms with van der Waals surface area (Å²) in [5.41, 5.74) is 0. The van der Waals surface area contributed by atoms with Crippen LogP contribution < -0.4 is 5.32 Å². The van der Waals surface area contributed by atoms with Crippen LogP contribution in [0.4, 0.5) is 0 Å². The number of nitrogens with one attached hydrogen (secondary N) is 1. The van der Waals surface area contributed by atoms with Gasteiger partial charge in [0.15, 0.2) is 0 Å². The summed E-state index contributed by atoms with van der Waals surface area (Å²) in [6.07, 6.45) is 11.5. The summed E-state index contributed by atoms with van der Waals surface area (Å²) in [6, 6.07) is 1.61. The van der Waals surface area contributed by atoms with Crippen molar-refractivity contribution in [2.75, 3.05) is 0 Å². The smallest absolute Gasteiger partial charge is 0.00698 e. The first kappa shape index (κ1) is 11.4. The van der Waals surface area contributed by atoms with E-state index in [1.165, 1.54) is 51.4 Å². The van der Waals surface area contributed by atoms with Crippen LogP contribution >= 0.6 is 0 Å². The molecule has 1 heteroatoms. The van der Waals surface area contributed by atoms with Crippen molar-refractivity contribution >= 4 is 0 Å². The molecule has 88 valence electrons. The molecule has 1 N–H and O–H groups in total. The van der Waals surface area contributed by atoms with Gasteiger partial charge in [0.05, 0.1) is 0 Å². The van der Waals surface area contributed by atoms with Gasteiger partial charge < -0.3 is 5.32 Å². The van der Waals surface area contributed by atoms with E-state index in [1.807, 2.05) is 0 Å². The van der Waals surface area contributed by atoms with Gasteiger partial charge in [0.2, 0.25) is 0 Å². The largest absolute Gasteiger partial charge is 0.311 e. The van der Waals surface area contributed by atoms with Crippen molar-refractivity contribution in [2.45, 2.75) is 77.3 Å². The van der Waals surface area contributed by atoms with Gasteiger partial charge in [0, 0.05) is 12.1 Å². The molecule has 0 aromatic heterocycles. The number of rotatable bonds is 5. The highest BCUT2D eigenvalue weighted by atomic mass is 14.9. The van der Waals surface area contributed by atoms with Crippen LogP contribution in [0.1, 0.15) is 65.2 Å². The first-order valence-corrected chi connectivity index (χ1v) is 7.09. The van der Waals surface area contributed by atoms with E-state index in [4.69, 9.17) is 0 Å². The summed E-state index contributed by atoms with van der Waals surface area (Å²) in [5.74, 6) is 2.24. The summed E-state index contributed by atoms with van der Waals surface area (Å²) in [7, 11) is 0. The maximum atomic E-state index is 3.84. The molecule has 0 aromatic rings. The van der Waals surface area contributed by atoms with Crippen LogP contribution in [0.3, 0.4) is 0 Å². The van der Waals surface area contributed by atoms with Crippen LogP contribution in [0.5, 0.6) is 0 Å². The zero-order chi connectivity index (χ0) is 10.7. The lowest BCUT2D eigenvalue weighted by molar-refractivity contribution is 0.250. The van der Waals surface area contributed by atoms with Crippen LogP contribution in [0, 0.1) is 11.8 Å². The second kappa shape index (κ2) is 5.34. The van der Waals surface area contributed by atoms with Crippen LogP contribution in [-0.4, -0.2) is 12.1 Å². The maximum absolute atomic E-state index is 3.84. The number of hydrogen-bond acceptors (Lipinski definition) is 1. The fourth-order valence-corrected chi connectivity index (χ4v) is 3.18. The molecule has 15 heavy (non-hydrogen) atoms. The van der Waals surface area contributed by atoms with Crippen molar-refractivity contribution in [1.29, 1.82) is 0 Å². The molecule has 2 fully saturated rings. The molecule has 2 aliphatic carbocycles. The molecule has 0 aliphatic heterocycles. The summed E-state index contributed by atoms with van der Waals surface area (Å²) in [6.45, 7) is 4.61. The van der Waals surface area contributed by atoms with E-state index in [0.29, 0.717) is 0 Å². The van der Waals surface area contributed by atoms with Crippen molar-refractivity contribution in [1.82, 2.24) is 5.32 Å².